The molecule has 5 heteroatoms. The number of aryl methyl sites for hydroxylation is 3. The van der Waals surface area contributed by atoms with E-state index in [1.807, 2.05) is 32.4 Å². The predicted molar refractivity (Wildman–Crippen MR) is 59.3 cm³/mol. The monoisotopic (exact) mass is 215 g/mol. The van der Waals surface area contributed by atoms with Gasteiger partial charge in [0, 0.05) is 12.7 Å². The lowest BCUT2D eigenvalue weighted by atomic mass is 10.2. The number of rotatable bonds is 1. The molecular weight excluding hydrogens is 202 g/mol. The van der Waals surface area contributed by atoms with E-state index in [1.165, 1.54) is 0 Å². The van der Waals surface area contributed by atoms with Gasteiger partial charge in [0.05, 0.1) is 11.4 Å². The van der Waals surface area contributed by atoms with Crippen molar-refractivity contribution < 1.29 is 0 Å². The molecule has 0 radical (unpaired) electrons. The van der Waals surface area contributed by atoms with Gasteiger partial charge >= 0.3 is 0 Å². The Labute approximate surface area is 94.0 Å². The van der Waals surface area contributed by atoms with Gasteiger partial charge in [-0.2, -0.15) is 10.4 Å². The van der Waals surface area contributed by atoms with Crippen LogP contribution in [-0.4, -0.2) is 19.3 Å². The van der Waals surface area contributed by atoms with Crippen LogP contribution in [0.15, 0.2) is 6.33 Å². The Morgan fingerprint density at radius 2 is 1.94 bits per heavy atom. The maximum atomic E-state index is 9.13. The molecule has 2 heterocycles. The highest BCUT2D eigenvalue weighted by Crippen LogP contribution is 2.19. The van der Waals surface area contributed by atoms with E-state index in [9.17, 15) is 0 Å². The zero-order chi connectivity index (χ0) is 11.9. The molecule has 0 saturated carbocycles. The van der Waals surface area contributed by atoms with Crippen LogP contribution in [0.4, 0.5) is 0 Å². The predicted octanol–water partition coefficient (Wildman–Crippen LogP) is 1.40. The van der Waals surface area contributed by atoms with E-state index < -0.39 is 0 Å². The number of hydrogen-bond donors (Lipinski definition) is 0. The average molecular weight is 215 g/mol. The van der Waals surface area contributed by atoms with E-state index in [-0.39, 0.29) is 0 Å². The molecular formula is C11H13N5. The molecule has 0 aromatic carbocycles. The average Bonchev–Trinajstić information content (AvgIpc) is 2.69. The minimum Gasteiger partial charge on any atom is -0.287 e. The highest BCUT2D eigenvalue weighted by atomic mass is 15.3. The van der Waals surface area contributed by atoms with Gasteiger partial charge in [-0.05, 0) is 20.8 Å². The molecule has 0 bridgehead atoms. The van der Waals surface area contributed by atoms with Crippen molar-refractivity contribution in [3.05, 3.63) is 29.0 Å². The van der Waals surface area contributed by atoms with E-state index in [1.54, 1.807) is 11.0 Å². The summed E-state index contributed by atoms with van der Waals surface area (Å²) in [6, 6.07) is 2.19. The molecule has 0 aliphatic rings. The molecule has 82 valence electrons. The zero-order valence-electron chi connectivity index (χ0n) is 9.81. The fourth-order valence-electron chi connectivity index (χ4n) is 1.77. The first kappa shape index (κ1) is 10.4. The second kappa shape index (κ2) is 3.49. The summed E-state index contributed by atoms with van der Waals surface area (Å²) >= 11 is 0. The second-order valence-corrected chi connectivity index (χ2v) is 3.80. The van der Waals surface area contributed by atoms with Crippen molar-refractivity contribution in [2.24, 2.45) is 7.05 Å². The van der Waals surface area contributed by atoms with Crippen LogP contribution in [-0.2, 0) is 7.05 Å². The molecule has 0 aliphatic carbocycles. The summed E-state index contributed by atoms with van der Waals surface area (Å²) in [7, 11) is 1.83. The van der Waals surface area contributed by atoms with E-state index >= 15 is 0 Å². The third kappa shape index (κ3) is 1.31. The lowest BCUT2D eigenvalue weighted by Crippen LogP contribution is -2.05. The van der Waals surface area contributed by atoms with E-state index in [0.717, 1.165) is 22.9 Å². The Morgan fingerprint density at radius 3 is 2.44 bits per heavy atom. The molecule has 0 N–H and O–H groups in total. The lowest BCUT2D eigenvalue weighted by molar-refractivity contribution is 0.716. The van der Waals surface area contributed by atoms with Crippen molar-refractivity contribution in [3.63, 3.8) is 0 Å². The van der Waals surface area contributed by atoms with Crippen LogP contribution in [0.3, 0.4) is 0 Å². The van der Waals surface area contributed by atoms with Crippen LogP contribution in [0.1, 0.15) is 22.6 Å². The van der Waals surface area contributed by atoms with Gasteiger partial charge < -0.3 is 0 Å². The number of nitrogens with zero attached hydrogens (tertiary/aromatic N) is 5. The standard InChI is InChI=1S/C11H13N5/c1-7-9(3)16(6-13-7)11-10(5-12)8(2)14-15(11)4/h6H,1-4H3. The number of aromatic nitrogens is 4. The number of imidazole rings is 1. The molecule has 0 fully saturated rings. The normalized spacial score (nSPS) is 10.4. The molecule has 0 amide bonds. The largest absolute Gasteiger partial charge is 0.287 e. The fraction of sp³-hybridized carbons (Fsp3) is 0.364. The van der Waals surface area contributed by atoms with Crippen molar-refractivity contribution in [2.45, 2.75) is 20.8 Å². The molecule has 2 aromatic heterocycles. The van der Waals surface area contributed by atoms with Gasteiger partial charge in [-0.15, -0.1) is 0 Å². The fourth-order valence-corrected chi connectivity index (χ4v) is 1.77. The highest BCUT2D eigenvalue weighted by molar-refractivity contribution is 5.48. The Kier molecular flexibility index (Phi) is 2.27. The maximum Gasteiger partial charge on any atom is 0.154 e. The summed E-state index contributed by atoms with van der Waals surface area (Å²) in [6.07, 6.45) is 1.72. The molecule has 16 heavy (non-hydrogen) atoms. The molecule has 0 aliphatic heterocycles. The molecule has 2 rings (SSSR count). The third-order valence-electron chi connectivity index (χ3n) is 2.78. The minimum atomic E-state index is 0.600. The lowest BCUT2D eigenvalue weighted by Gasteiger charge is -2.05. The first-order valence-electron chi connectivity index (χ1n) is 5.01. The van der Waals surface area contributed by atoms with Crippen molar-refractivity contribution in [3.8, 4) is 11.9 Å². The van der Waals surface area contributed by atoms with Crippen molar-refractivity contribution in [1.29, 1.82) is 5.26 Å². The number of nitriles is 1. The van der Waals surface area contributed by atoms with Crippen LogP contribution < -0.4 is 0 Å². The first-order valence-corrected chi connectivity index (χ1v) is 5.01. The van der Waals surface area contributed by atoms with Gasteiger partial charge in [0.2, 0.25) is 0 Å². The van der Waals surface area contributed by atoms with Crippen LogP contribution in [0.25, 0.3) is 5.82 Å². The van der Waals surface area contributed by atoms with Crippen LogP contribution >= 0.6 is 0 Å². The molecule has 0 unspecified atom stereocenters. The summed E-state index contributed by atoms with van der Waals surface area (Å²) < 4.78 is 3.61. The summed E-state index contributed by atoms with van der Waals surface area (Å²) in [5, 5.41) is 13.4. The molecule has 2 aromatic rings. The maximum absolute atomic E-state index is 9.13. The summed E-state index contributed by atoms with van der Waals surface area (Å²) in [6.45, 7) is 5.76. The van der Waals surface area contributed by atoms with Gasteiger partial charge in [0.15, 0.2) is 5.82 Å². The van der Waals surface area contributed by atoms with Crippen LogP contribution in [0.2, 0.25) is 0 Å². The van der Waals surface area contributed by atoms with Crippen molar-refractivity contribution in [1.82, 2.24) is 19.3 Å². The Balaban J connectivity index is 2.74. The molecule has 0 spiro atoms. The number of hydrogen-bond acceptors (Lipinski definition) is 3. The van der Waals surface area contributed by atoms with E-state index in [2.05, 4.69) is 16.2 Å². The van der Waals surface area contributed by atoms with Gasteiger partial charge in [0.1, 0.15) is 18.0 Å². The molecule has 0 saturated heterocycles. The SMILES string of the molecule is Cc1nn(C)c(-n2cnc(C)c2C)c1C#N. The van der Waals surface area contributed by atoms with Crippen LogP contribution in [0.5, 0.6) is 0 Å². The minimum absolute atomic E-state index is 0.600. The summed E-state index contributed by atoms with van der Waals surface area (Å²) in [5.41, 5.74) is 3.33. The highest BCUT2D eigenvalue weighted by Gasteiger charge is 2.16. The molecule has 5 nitrogen and oxygen atoms in total. The second-order valence-electron chi connectivity index (χ2n) is 3.80. The Hall–Kier alpha value is -2.09. The first-order chi connectivity index (χ1) is 7.56. The Morgan fingerprint density at radius 1 is 1.25 bits per heavy atom. The van der Waals surface area contributed by atoms with Crippen LogP contribution in [0, 0.1) is 32.1 Å². The topological polar surface area (TPSA) is 59.4 Å². The van der Waals surface area contributed by atoms with Gasteiger partial charge in [-0.25, -0.2) is 4.98 Å². The van der Waals surface area contributed by atoms with Crippen molar-refractivity contribution in [2.75, 3.05) is 0 Å². The Bertz CT molecular complexity index is 582. The van der Waals surface area contributed by atoms with E-state index in [0.29, 0.717) is 5.56 Å². The zero-order valence-corrected chi connectivity index (χ0v) is 9.81. The summed E-state index contributed by atoms with van der Waals surface area (Å²) in [5.74, 6) is 0.776. The van der Waals surface area contributed by atoms with Gasteiger partial charge in [0.25, 0.3) is 0 Å². The summed E-state index contributed by atoms with van der Waals surface area (Å²) in [4.78, 5) is 4.23. The third-order valence-corrected chi connectivity index (χ3v) is 2.78. The van der Waals surface area contributed by atoms with Gasteiger partial charge in [-0.1, -0.05) is 0 Å². The molecule has 0 atom stereocenters. The van der Waals surface area contributed by atoms with Gasteiger partial charge in [-0.3, -0.25) is 9.25 Å². The van der Waals surface area contributed by atoms with E-state index in [4.69, 9.17) is 5.26 Å². The van der Waals surface area contributed by atoms with Crippen molar-refractivity contribution >= 4 is 0 Å². The quantitative estimate of drug-likeness (QED) is 0.722. The smallest absolute Gasteiger partial charge is 0.154 e.